The van der Waals surface area contributed by atoms with Crippen molar-refractivity contribution >= 4 is 17.5 Å². The predicted octanol–water partition coefficient (Wildman–Crippen LogP) is 0.992. The molecule has 2 rings (SSSR count). The van der Waals surface area contributed by atoms with Crippen molar-refractivity contribution in [2.45, 2.75) is 32.2 Å². The average molecular weight is 294 g/mol. The molecule has 1 aromatic rings. The van der Waals surface area contributed by atoms with Gasteiger partial charge in [-0.15, -0.1) is 0 Å². The molecule has 2 N–H and O–H groups in total. The maximum atomic E-state index is 13.2. The van der Waals surface area contributed by atoms with Crippen LogP contribution in [-0.4, -0.2) is 36.1 Å². The highest BCUT2D eigenvalue weighted by atomic mass is 19.1. The van der Waals surface area contributed by atoms with Gasteiger partial charge in [0, 0.05) is 31.1 Å². The van der Waals surface area contributed by atoms with Gasteiger partial charge in [-0.1, -0.05) is 0 Å². The molecular weight excluding hydrogens is 275 g/mol. The Morgan fingerprint density at radius 1 is 1.48 bits per heavy atom. The smallest absolute Gasteiger partial charge is 0.227 e. The van der Waals surface area contributed by atoms with Crippen LogP contribution in [0.2, 0.25) is 0 Å². The zero-order valence-corrected chi connectivity index (χ0v) is 11.9. The molecule has 0 saturated heterocycles. The molecule has 0 aliphatic carbocycles. The largest absolute Gasteiger partial charge is 0.394 e. The molecule has 1 aromatic carbocycles. The van der Waals surface area contributed by atoms with Crippen LogP contribution in [0.25, 0.3) is 0 Å². The zero-order chi connectivity index (χ0) is 15.4. The average Bonchev–Trinajstić information content (AvgIpc) is 2.46. The summed E-state index contributed by atoms with van der Waals surface area (Å²) in [7, 11) is 0. The van der Waals surface area contributed by atoms with Crippen molar-refractivity contribution in [1.29, 1.82) is 0 Å². The van der Waals surface area contributed by atoms with E-state index >= 15 is 0 Å². The van der Waals surface area contributed by atoms with Gasteiger partial charge in [0.25, 0.3) is 0 Å². The van der Waals surface area contributed by atoms with E-state index < -0.39 is 0 Å². The molecule has 1 atom stereocenters. The molecule has 1 aliphatic heterocycles. The molecule has 1 unspecified atom stereocenters. The number of rotatable bonds is 5. The van der Waals surface area contributed by atoms with E-state index in [1.165, 1.54) is 17.0 Å². The van der Waals surface area contributed by atoms with Gasteiger partial charge in [-0.05, 0) is 37.1 Å². The molecule has 1 heterocycles. The number of amides is 2. The van der Waals surface area contributed by atoms with Gasteiger partial charge >= 0.3 is 0 Å². The normalized spacial score (nSPS) is 15.6. The number of aryl methyl sites for hydroxylation is 1. The number of carbonyl (C=O) groups excluding carboxylic acids is 2. The molecule has 0 radical (unpaired) electrons. The highest BCUT2D eigenvalue weighted by Crippen LogP contribution is 2.28. The molecule has 1 aliphatic rings. The van der Waals surface area contributed by atoms with Crippen LogP contribution < -0.4 is 10.2 Å². The summed E-state index contributed by atoms with van der Waals surface area (Å²) in [5, 5.41) is 11.5. The molecule has 114 valence electrons. The number of aliphatic hydroxyl groups excluding tert-OH is 1. The molecule has 6 heteroatoms. The second-order valence-corrected chi connectivity index (χ2v) is 5.22. The summed E-state index contributed by atoms with van der Waals surface area (Å²) in [5.74, 6) is -0.603. The van der Waals surface area contributed by atoms with Gasteiger partial charge in [-0.2, -0.15) is 0 Å². The lowest BCUT2D eigenvalue weighted by molar-refractivity contribution is -0.122. The van der Waals surface area contributed by atoms with E-state index in [0.29, 0.717) is 18.5 Å². The van der Waals surface area contributed by atoms with E-state index in [9.17, 15) is 14.0 Å². The molecule has 2 amide bonds. The maximum Gasteiger partial charge on any atom is 0.227 e. The fourth-order valence-corrected chi connectivity index (χ4v) is 2.38. The number of hydrogen-bond donors (Lipinski definition) is 2. The Hall–Kier alpha value is -1.95. The molecule has 21 heavy (non-hydrogen) atoms. The van der Waals surface area contributed by atoms with Gasteiger partial charge in [0.2, 0.25) is 11.8 Å². The maximum absolute atomic E-state index is 13.2. The first-order valence-corrected chi connectivity index (χ1v) is 7.00. The Labute approximate surface area is 122 Å². The summed E-state index contributed by atoms with van der Waals surface area (Å²) >= 11 is 0. The number of aliphatic hydroxyl groups is 1. The van der Waals surface area contributed by atoms with Crippen LogP contribution in [0, 0.1) is 5.82 Å². The SMILES string of the molecule is CC(CO)NC(=O)CCN1C(=O)CCc2cc(F)ccc21. The number of benzene rings is 1. The Balaban J connectivity index is 2.03. The number of fused-ring (bicyclic) bond motifs is 1. The van der Waals surface area contributed by atoms with E-state index in [-0.39, 0.29) is 43.2 Å². The quantitative estimate of drug-likeness (QED) is 0.851. The van der Waals surface area contributed by atoms with Crippen LogP contribution in [0.1, 0.15) is 25.3 Å². The third-order valence-corrected chi connectivity index (χ3v) is 3.49. The van der Waals surface area contributed by atoms with E-state index in [1.54, 1.807) is 13.0 Å². The van der Waals surface area contributed by atoms with Crippen LogP contribution >= 0.6 is 0 Å². The number of nitrogens with zero attached hydrogens (tertiary/aromatic N) is 1. The van der Waals surface area contributed by atoms with Crippen LogP contribution in [-0.2, 0) is 16.0 Å². The molecule has 0 saturated carbocycles. The van der Waals surface area contributed by atoms with Crippen LogP contribution in [0.5, 0.6) is 0 Å². The third kappa shape index (κ3) is 3.78. The molecule has 0 fully saturated rings. The zero-order valence-electron chi connectivity index (χ0n) is 11.9. The number of anilines is 1. The Morgan fingerprint density at radius 2 is 2.24 bits per heavy atom. The topological polar surface area (TPSA) is 69.6 Å². The minimum Gasteiger partial charge on any atom is -0.394 e. The van der Waals surface area contributed by atoms with Crippen LogP contribution in [0.15, 0.2) is 18.2 Å². The summed E-state index contributed by atoms with van der Waals surface area (Å²) in [6.45, 7) is 1.82. The minimum atomic E-state index is -0.322. The first kappa shape index (κ1) is 15.4. The van der Waals surface area contributed by atoms with E-state index in [1.807, 2.05) is 0 Å². The number of hydrogen-bond acceptors (Lipinski definition) is 3. The van der Waals surface area contributed by atoms with Crippen LogP contribution in [0.4, 0.5) is 10.1 Å². The number of nitrogens with one attached hydrogen (secondary N) is 1. The fraction of sp³-hybridized carbons (Fsp3) is 0.467. The second kappa shape index (κ2) is 6.67. The highest BCUT2D eigenvalue weighted by Gasteiger charge is 2.24. The lowest BCUT2D eigenvalue weighted by Gasteiger charge is -2.29. The monoisotopic (exact) mass is 294 g/mol. The summed E-state index contributed by atoms with van der Waals surface area (Å²) in [6, 6.07) is 4.02. The van der Waals surface area contributed by atoms with Crippen molar-refractivity contribution < 1.29 is 19.1 Å². The number of halogens is 1. The van der Waals surface area contributed by atoms with Gasteiger partial charge < -0.3 is 15.3 Å². The van der Waals surface area contributed by atoms with Crippen molar-refractivity contribution in [1.82, 2.24) is 5.32 Å². The fourth-order valence-electron chi connectivity index (χ4n) is 2.38. The van der Waals surface area contributed by atoms with Gasteiger partial charge in [0.05, 0.1) is 6.61 Å². The summed E-state index contributed by atoms with van der Waals surface area (Å²) < 4.78 is 13.2. The molecule has 0 spiro atoms. The van der Waals surface area contributed by atoms with E-state index in [2.05, 4.69) is 5.32 Å². The summed E-state index contributed by atoms with van der Waals surface area (Å²) in [4.78, 5) is 25.2. The van der Waals surface area contributed by atoms with E-state index in [4.69, 9.17) is 5.11 Å². The first-order valence-electron chi connectivity index (χ1n) is 7.00. The predicted molar refractivity (Wildman–Crippen MR) is 76.4 cm³/mol. The minimum absolute atomic E-state index is 0.0582. The third-order valence-electron chi connectivity index (χ3n) is 3.49. The van der Waals surface area contributed by atoms with Gasteiger partial charge in [-0.25, -0.2) is 4.39 Å². The van der Waals surface area contributed by atoms with Crippen molar-refractivity contribution in [2.75, 3.05) is 18.1 Å². The Morgan fingerprint density at radius 3 is 2.95 bits per heavy atom. The highest BCUT2D eigenvalue weighted by molar-refractivity contribution is 5.97. The van der Waals surface area contributed by atoms with Crippen molar-refractivity contribution in [3.8, 4) is 0 Å². The van der Waals surface area contributed by atoms with Gasteiger partial charge in [0.1, 0.15) is 5.82 Å². The van der Waals surface area contributed by atoms with Crippen molar-refractivity contribution in [3.05, 3.63) is 29.6 Å². The molecule has 0 aromatic heterocycles. The van der Waals surface area contributed by atoms with E-state index in [0.717, 1.165) is 5.56 Å². The first-order chi connectivity index (χ1) is 10.0. The Kier molecular flexibility index (Phi) is 4.90. The van der Waals surface area contributed by atoms with Crippen molar-refractivity contribution in [3.63, 3.8) is 0 Å². The molecule has 5 nitrogen and oxygen atoms in total. The van der Waals surface area contributed by atoms with Gasteiger partial charge in [-0.3, -0.25) is 9.59 Å². The van der Waals surface area contributed by atoms with Crippen molar-refractivity contribution in [2.24, 2.45) is 0 Å². The summed E-state index contributed by atoms with van der Waals surface area (Å²) in [6.07, 6.45) is 0.994. The van der Waals surface area contributed by atoms with Crippen LogP contribution in [0.3, 0.4) is 0 Å². The second-order valence-electron chi connectivity index (χ2n) is 5.22. The summed E-state index contributed by atoms with van der Waals surface area (Å²) in [5.41, 5.74) is 1.47. The number of carbonyl (C=O) groups is 2. The standard InChI is InChI=1S/C15H19FN2O3/c1-10(9-19)17-14(20)6-7-18-13-4-3-12(16)8-11(13)2-5-15(18)21/h3-4,8,10,19H,2,5-7,9H2,1H3,(H,17,20). The Bertz CT molecular complexity index is 548. The lowest BCUT2D eigenvalue weighted by Crippen LogP contribution is -2.40. The van der Waals surface area contributed by atoms with Gasteiger partial charge in [0.15, 0.2) is 0 Å². The molecule has 0 bridgehead atoms. The lowest BCUT2D eigenvalue weighted by atomic mass is 10.0. The molecular formula is C15H19FN2O3.